The first-order valence-electron chi connectivity index (χ1n) is 8.26. The van der Waals surface area contributed by atoms with Crippen molar-refractivity contribution in [3.8, 4) is 17.2 Å². The van der Waals surface area contributed by atoms with Gasteiger partial charge < -0.3 is 20.2 Å². The van der Waals surface area contributed by atoms with Crippen LogP contribution in [0.1, 0.15) is 6.42 Å². The third-order valence-corrected chi connectivity index (χ3v) is 5.25. The molecule has 6 heteroatoms. The van der Waals surface area contributed by atoms with E-state index in [1.807, 2.05) is 13.1 Å². The first-order valence-corrected chi connectivity index (χ1v) is 8.26. The molecule has 2 heterocycles. The minimum Gasteiger partial charge on any atom is -0.507 e. The van der Waals surface area contributed by atoms with Gasteiger partial charge in [-0.2, -0.15) is 0 Å². The van der Waals surface area contributed by atoms with Crippen LogP contribution in [-0.4, -0.2) is 46.0 Å². The normalized spacial score (nSPS) is 22.4. The number of nitrogens with zero attached hydrogens (tertiary/aromatic N) is 3. The minimum atomic E-state index is -0.513. The molecule has 25 heavy (non-hydrogen) atoms. The number of phenols is 3. The van der Waals surface area contributed by atoms with E-state index in [0.717, 1.165) is 19.5 Å². The predicted octanol–water partition coefficient (Wildman–Crippen LogP) is 1.39. The second-order valence-corrected chi connectivity index (χ2v) is 6.95. The van der Waals surface area contributed by atoms with E-state index in [0.29, 0.717) is 26.9 Å². The standard InChI is InChI=1S/C19H17N3O3/c1-22-8-7-19(9-22)20-12-6-5-11-15(16(12)21-19)18(25)14-10(17(11)24)3-2-4-13(14)23/h2-6,23-25H,7-9H2,1H3. The molecule has 2 aliphatic rings. The number of aromatic hydroxyl groups is 3. The number of fused-ring (bicyclic) bond motifs is 4. The van der Waals surface area contributed by atoms with Crippen LogP contribution >= 0.6 is 0 Å². The van der Waals surface area contributed by atoms with Gasteiger partial charge in [0.05, 0.1) is 21.5 Å². The molecule has 126 valence electrons. The Morgan fingerprint density at radius 2 is 1.76 bits per heavy atom. The van der Waals surface area contributed by atoms with E-state index in [1.165, 1.54) is 6.07 Å². The molecule has 0 aromatic heterocycles. The highest BCUT2D eigenvalue weighted by Gasteiger charge is 2.38. The molecule has 1 fully saturated rings. The number of hydrogen-bond donors (Lipinski definition) is 3. The highest BCUT2D eigenvalue weighted by Crippen LogP contribution is 2.43. The molecule has 0 saturated carbocycles. The zero-order chi connectivity index (χ0) is 17.3. The third-order valence-electron chi connectivity index (χ3n) is 5.25. The number of phenolic OH excluding ortho intramolecular Hbond substituents is 3. The van der Waals surface area contributed by atoms with Crippen molar-refractivity contribution in [3.05, 3.63) is 41.0 Å². The zero-order valence-electron chi connectivity index (χ0n) is 13.7. The second kappa shape index (κ2) is 4.61. The Hall–Kier alpha value is -2.86. The lowest BCUT2D eigenvalue weighted by atomic mass is 9.99. The van der Waals surface area contributed by atoms with Gasteiger partial charge in [0.2, 0.25) is 0 Å². The molecule has 5 rings (SSSR count). The SMILES string of the molecule is CN1CCC2(C1)N=c1ccc3c(O)c4cccc(O)c4c(O)c3c1=N2. The Bertz CT molecular complexity index is 1190. The first-order chi connectivity index (χ1) is 12.0. The van der Waals surface area contributed by atoms with Gasteiger partial charge in [0, 0.05) is 30.3 Å². The maximum absolute atomic E-state index is 10.9. The van der Waals surface area contributed by atoms with Crippen molar-refractivity contribution in [2.24, 2.45) is 9.98 Å². The average molecular weight is 335 g/mol. The zero-order valence-corrected chi connectivity index (χ0v) is 13.7. The summed E-state index contributed by atoms with van der Waals surface area (Å²) in [4.78, 5) is 11.8. The molecule has 3 aromatic carbocycles. The van der Waals surface area contributed by atoms with Crippen LogP contribution < -0.4 is 10.7 Å². The average Bonchev–Trinajstić information content (AvgIpc) is 3.13. The number of benzene rings is 3. The van der Waals surface area contributed by atoms with E-state index in [2.05, 4.69) is 4.90 Å². The molecule has 1 saturated heterocycles. The van der Waals surface area contributed by atoms with Gasteiger partial charge in [-0.3, -0.25) is 9.98 Å². The van der Waals surface area contributed by atoms with Crippen LogP contribution in [0, 0.1) is 0 Å². The predicted molar refractivity (Wildman–Crippen MR) is 93.6 cm³/mol. The van der Waals surface area contributed by atoms with E-state index in [4.69, 9.17) is 9.98 Å². The van der Waals surface area contributed by atoms with E-state index >= 15 is 0 Å². The lowest BCUT2D eigenvalue weighted by molar-refractivity contribution is 0.375. The highest BCUT2D eigenvalue weighted by atomic mass is 16.3. The number of hydrogen-bond acceptors (Lipinski definition) is 6. The molecule has 3 aromatic rings. The van der Waals surface area contributed by atoms with Crippen LogP contribution in [0.3, 0.4) is 0 Å². The number of likely N-dealkylation sites (tertiary alicyclic amines) is 1. The van der Waals surface area contributed by atoms with Gasteiger partial charge in [0.1, 0.15) is 17.2 Å². The molecule has 1 spiro atoms. The Morgan fingerprint density at radius 3 is 2.52 bits per heavy atom. The van der Waals surface area contributed by atoms with Gasteiger partial charge in [-0.1, -0.05) is 12.1 Å². The molecule has 1 atom stereocenters. The van der Waals surface area contributed by atoms with Crippen molar-refractivity contribution in [3.63, 3.8) is 0 Å². The fourth-order valence-electron chi connectivity index (χ4n) is 4.08. The van der Waals surface area contributed by atoms with Gasteiger partial charge in [-0.05, 0) is 25.2 Å². The molecular weight excluding hydrogens is 318 g/mol. The third kappa shape index (κ3) is 1.83. The van der Waals surface area contributed by atoms with E-state index in [-0.39, 0.29) is 22.6 Å². The number of likely N-dealkylation sites (N-methyl/N-ethyl adjacent to an activating group) is 1. The maximum atomic E-state index is 10.9. The summed E-state index contributed by atoms with van der Waals surface area (Å²) in [7, 11) is 2.04. The van der Waals surface area contributed by atoms with Crippen LogP contribution in [0.4, 0.5) is 0 Å². The molecule has 0 amide bonds. The lowest BCUT2D eigenvalue weighted by Gasteiger charge is -2.15. The molecule has 1 unspecified atom stereocenters. The van der Waals surface area contributed by atoms with Crippen molar-refractivity contribution in [1.82, 2.24) is 4.90 Å². The number of rotatable bonds is 0. The van der Waals surface area contributed by atoms with Crippen molar-refractivity contribution in [1.29, 1.82) is 0 Å². The summed E-state index contributed by atoms with van der Waals surface area (Å²) in [5.74, 6) is -0.114. The summed E-state index contributed by atoms with van der Waals surface area (Å²) in [5, 5.41) is 34.7. The smallest absolute Gasteiger partial charge is 0.165 e. The molecule has 0 aliphatic carbocycles. The Balaban J connectivity index is 1.96. The van der Waals surface area contributed by atoms with Crippen LogP contribution in [-0.2, 0) is 0 Å². The van der Waals surface area contributed by atoms with Crippen molar-refractivity contribution < 1.29 is 15.3 Å². The topological polar surface area (TPSA) is 88.7 Å². The van der Waals surface area contributed by atoms with E-state index < -0.39 is 5.66 Å². The van der Waals surface area contributed by atoms with Crippen molar-refractivity contribution in [2.75, 3.05) is 20.1 Å². The monoisotopic (exact) mass is 335 g/mol. The van der Waals surface area contributed by atoms with Crippen LogP contribution in [0.15, 0.2) is 40.3 Å². The summed E-state index contributed by atoms with van der Waals surface area (Å²) in [6, 6.07) is 8.39. The fraction of sp³-hybridized carbons (Fsp3) is 0.263. The Morgan fingerprint density at radius 1 is 0.960 bits per heavy atom. The molecule has 3 N–H and O–H groups in total. The highest BCUT2D eigenvalue weighted by molar-refractivity contribution is 6.12. The van der Waals surface area contributed by atoms with Crippen molar-refractivity contribution >= 4 is 21.5 Å². The van der Waals surface area contributed by atoms with Gasteiger partial charge in [0.15, 0.2) is 5.66 Å². The fourth-order valence-corrected chi connectivity index (χ4v) is 4.08. The summed E-state index contributed by atoms with van der Waals surface area (Å²) < 4.78 is 0. The largest absolute Gasteiger partial charge is 0.507 e. The van der Waals surface area contributed by atoms with Gasteiger partial charge in [0.25, 0.3) is 0 Å². The maximum Gasteiger partial charge on any atom is 0.165 e. The molecule has 2 aliphatic heterocycles. The Labute approximate surface area is 143 Å². The summed E-state index contributed by atoms with van der Waals surface area (Å²) in [5.41, 5.74) is -0.513. The first kappa shape index (κ1) is 14.5. The quantitative estimate of drug-likeness (QED) is 0.428. The molecule has 0 bridgehead atoms. The summed E-state index contributed by atoms with van der Waals surface area (Å²) in [6.45, 7) is 1.65. The molecule has 6 nitrogen and oxygen atoms in total. The minimum absolute atomic E-state index is 0.0289. The van der Waals surface area contributed by atoms with Gasteiger partial charge in [-0.25, -0.2) is 0 Å². The van der Waals surface area contributed by atoms with Gasteiger partial charge in [-0.15, -0.1) is 0 Å². The van der Waals surface area contributed by atoms with Crippen molar-refractivity contribution in [2.45, 2.75) is 12.1 Å². The Kier molecular flexibility index (Phi) is 2.67. The van der Waals surface area contributed by atoms with E-state index in [1.54, 1.807) is 18.2 Å². The van der Waals surface area contributed by atoms with Gasteiger partial charge >= 0.3 is 0 Å². The van der Waals surface area contributed by atoms with Crippen LogP contribution in [0.2, 0.25) is 0 Å². The van der Waals surface area contributed by atoms with Crippen LogP contribution in [0.25, 0.3) is 21.5 Å². The lowest BCUT2D eigenvalue weighted by Crippen LogP contribution is -2.27. The van der Waals surface area contributed by atoms with Crippen LogP contribution in [0.5, 0.6) is 17.2 Å². The second-order valence-electron chi connectivity index (χ2n) is 6.95. The van der Waals surface area contributed by atoms with E-state index in [9.17, 15) is 15.3 Å². The summed E-state index contributed by atoms with van der Waals surface area (Å²) in [6.07, 6.45) is 0.825. The summed E-state index contributed by atoms with van der Waals surface area (Å²) >= 11 is 0. The molecule has 0 radical (unpaired) electrons. The molecular formula is C19H17N3O3.